The Balaban J connectivity index is 1.62. The summed E-state index contributed by atoms with van der Waals surface area (Å²) < 4.78 is 0. The third kappa shape index (κ3) is 4.29. The summed E-state index contributed by atoms with van der Waals surface area (Å²) in [5.41, 5.74) is 3.20. The monoisotopic (exact) mass is 350 g/mol. The zero-order valence-corrected chi connectivity index (χ0v) is 14.4. The van der Waals surface area contributed by atoms with Gasteiger partial charge in [-0.15, -0.1) is 10.2 Å². The first-order valence-corrected chi connectivity index (χ1v) is 8.02. The first-order chi connectivity index (χ1) is 12.5. The fourth-order valence-electron chi connectivity index (χ4n) is 2.41. The lowest BCUT2D eigenvalue weighted by atomic mass is 10.1. The van der Waals surface area contributed by atoms with Crippen molar-refractivity contribution >= 4 is 23.2 Å². The van der Waals surface area contributed by atoms with Gasteiger partial charge in [0.25, 0.3) is 0 Å². The summed E-state index contributed by atoms with van der Waals surface area (Å²) in [5.74, 6) is 0.0602. The van der Waals surface area contributed by atoms with Crippen LogP contribution in [0.2, 0.25) is 0 Å². The van der Waals surface area contributed by atoms with Gasteiger partial charge in [0.1, 0.15) is 6.54 Å². The molecule has 3 aromatic rings. The molecule has 8 nitrogen and oxygen atoms in total. The van der Waals surface area contributed by atoms with Crippen LogP contribution in [0.5, 0.6) is 0 Å². The number of benzene rings is 2. The van der Waals surface area contributed by atoms with Crippen molar-refractivity contribution in [2.75, 3.05) is 10.6 Å². The topological polar surface area (TPSA) is 102 Å². The third-order valence-corrected chi connectivity index (χ3v) is 3.61. The maximum absolute atomic E-state index is 12.1. The third-order valence-electron chi connectivity index (χ3n) is 3.61. The predicted octanol–water partition coefficient (Wildman–Crippen LogP) is 2.25. The van der Waals surface area contributed by atoms with Crippen molar-refractivity contribution in [3.63, 3.8) is 0 Å². The molecule has 132 valence electrons. The fraction of sp³-hybridized carbons (Fsp3) is 0.167. The number of anilines is 2. The van der Waals surface area contributed by atoms with Gasteiger partial charge in [0.05, 0.1) is 0 Å². The average molecular weight is 350 g/mol. The van der Waals surface area contributed by atoms with Crippen LogP contribution in [0.1, 0.15) is 12.5 Å². The van der Waals surface area contributed by atoms with Crippen molar-refractivity contribution in [2.45, 2.75) is 20.4 Å². The van der Waals surface area contributed by atoms with E-state index in [1.807, 2.05) is 31.2 Å². The van der Waals surface area contributed by atoms with Gasteiger partial charge in [-0.25, -0.2) is 0 Å². The molecule has 0 unspecified atom stereocenters. The second-order valence-corrected chi connectivity index (χ2v) is 5.77. The number of hydrogen-bond acceptors (Lipinski definition) is 5. The number of aryl methyl sites for hydroxylation is 1. The molecule has 0 bridgehead atoms. The molecular weight excluding hydrogens is 332 g/mol. The maximum atomic E-state index is 12.1. The minimum atomic E-state index is -0.272. The van der Waals surface area contributed by atoms with Crippen LogP contribution < -0.4 is 10.6 Å². The number of carbonyl (C=O) groups is 2. The molecule has 0 fully saturated rings. The molecule has 0 aliphatic carbocycles. The highest BCUT2D eigenvalue weighted by molar-refractivity contribution is 5.92. The van der Waals surface area contributed by atoms with Gasteiger partial charge in [0.2, 0.25) is 17.6 Å². The SMILES string of the molecule is CC(=O)Nc1ccc(NC(=O)Cn2nnc(-c3ccccc3C)n2)cc1. The Morgan fingerprint density at radius 2 is 1.65 bits per heavy atom. The summed E-state index contributed by atoms with van der Waals surface area (Å²) in [6, 6.07) is 14.5. The molecule has 0 aliphatic rings. The summed E-state index contributed by atoms with van der Waals surface area (Å²) in [5, 5.41) is 17.6. The molecule has 1 aromatic heterocycles. The Hall–Kier alpha value is -3.55. The molecular formula is C18H18N6O2. The van der Waals surface area contributed by atoms with Gasteiger partial charge in [-0.2, -0.15) is 4.80 Å². The maximum Gasteiger partial charge on any atom is 0.248 e. The largest absolute Gasteiger partial charge is 0.326 e. The van der Waals surface area contributed by atoms with Crippen LogP contribution in [0.15, 0.2) is 48.5 Å². The highest BCUT2D eigenvalue weighted by Crippen LogP contribution is 2.18. The zero-order chi connectivity index (χ0) is 18.5. The fourth-order valence-corrected chi connectivity index (χ4v) is 2.41. The van der Waals surface area contributed by atoms with Crippen LogP contribution in [0.3, 0.4) is 0 Å². The van der Waals surface area contributed by atoms with Gasteiger partial charge < -0.3 is 10.6 Å². The molecule has 8 heteroatoms. The van der Waals surface area contributed by atoms with Crippen LogP contribution in [0.25, 0.3) is 11.4 Å². The standard InChI is InChI=1S/C18H18N6O2/c1-12-5-3-4-6-16(12)18-21-23-24(22-18)11-17(26)20-15-9-7-14(8-10-15)19-13(2)25/h3-10H,11H2,1-2H3,(H,19,25)(H,20,26). The van der Waals surface area contributed by atoms with Crippen LogP contribution in [-0.2, 0) is 16.1 Å². The lowest BCUT2D eigenvalue weighted by molar-refractivity contribution is -0.117. The first kappa shape index (κ1) is 17.3. The van der Waals surface area contributed by atoms with Crippen molar-refractivity contribution in [1.29, 1.82) is 0 Å². The number of carbonyl (C=O) groups excluding carboxylic acids is 2. The van der Waals surface area contributed by atoms with Crippen LogP contribution in [0.4, 0.5) is 11.4 Å². The highest BCUT2D eigenvalue weighted by atomic mass is 16.2. The van der Waals surface area contributed by atoms with E-state index in [0.717, 1.165) is 11.1 Å². The number of nitrogens with one attached hydrogen (secondary N) is 2. The van der Waals surface area contributed by atoms with Gasteiger partial charge in [-0.1, -0.05) is 24.3 Å². The lowest BCUT2D eigenvalue weighted by Crippen LogP contribution is -2.20. The Bertz CT molecular complexity index is 933. The molecule has 26 heavy (non-hydrogen) atoms. The van der Waals surface area contributed by atoms with Crippen LogP contribution >= 0.6 is 0 Å². The minimum Gasteiger partial charge on any atom is -0.326 e. The van der Waals surface area contributed by atoms with E-state index in [-0.39, 0.29) is 18.4 Å². The second-order valence-electron chi connectivity index (χ2n) is 5.77. The minimum absolute atomic E-state index is 0.0493. The molecule has 0 saturated carbocycles. The number of hydrogen-bond donors (Lipinski definition) is 2. The molecule has 0 atom stereocenters. The summed E-state index contributed by atoms with van der Waals surface area (Å²) in [7, 11) is 0. The number of amides is 2. The van der Waals surface area contributed by atoms with Gasteiger partial charge in [-0.3, -0.25) is 9.59 Å². The summed E-state index contributed by atoms with van der Waals surface area (Å²) in [6.45, 7) is 3.35. The quantitative estimate of drug-likeness (QED) is 0.735. The van der Waals surface area contributed by atoms with E-state index in [4.69, 9.17) is 0 Å². The molecule has 2 amide bonds. The molecule has 0 aliphatic heterocycles. The van der Waals surface area contributed by atoms with Gasteiger partial charge in [0.15, 0.2) is 0 Å². The van der Waals surface area contributed by atoms with Crippen LogP contribution in [-0.4, -0.2) is 32.0 Å². The number of rotatable bonds is 5. The molecule has 2 aromatic carbocycles. The van der Waals surface area contributed by atoms with Crippen molar-refractivity contribution < 1.29 is 9.59 Å². The normalized spacial score (nSPS) is 10.4. The smallest absolute Gasteiger partial charge is 0.248 e. The number of tetrazole rings is 1. The van der Waals surface area contributed by atoms with Gasteiger partial charge in [-0.05, 0) is 42.0 Å². The summed E-state index contributed by atoms with van der Waals surface area (Å²) >= 11 is 0. The van der Waals surface area contributed by atoms with E-state index in [1.165, 1.54) is 11.7 Å². The highest BCUT2D eigenvalue weighted by Gasteiger charge is 2.11. The van der Waals surface area contributed by atoms with Crippen molar-refractivity contribution in [1.82, 2.24) is 20.2 Å². The van der Waals surface area contributed by atoms with Gasteiger partial charge in [0, 0.05) is 23.9 Å². The average Bonchev–Trinajstić information content (AvgIpc) is 3.04. The Labute approximate surface area is 150 Å². The van der Waals surface area contributed by atoms with E-state index in [1.54, 1.807) is 24.3 Å². The van der Waals surface area contributed by atoms with Crippen molar-refractivity contribution in [3.8, 4) is 11.4 Å². The molecule has 0 spiro atoms. The molecule has 1 heterocycles. The second kappa shape index (κ2) is 7.56. The summed E-state index contributed by atoms with van der Waals surface area (Å²) in [4.78, 5) is 24.4. The van der Waals surface area contributed by atoms with E-state index in [2.05, 4.69) is 26.0 Å². The zero-order valence-electron chi connectivity index (χ0n) is 14.4. The molecule has 3 rings (SSSR count). The Morgan fingerprint density at radius 3 is 2.31 bits per heavy atom. The number of aromatic nitrogens is 4. The van der Waals surface area contributed by atoms with Crippen LogP contribution in [0, 0.1) is 6.92 Å². The van der Waals surface area contributed by atoms with Crippen molar-refractivity contribution in [2.24, 2.45) is 0 Å². The first-order valence-electron chi connectivity index (χ1n) is 8.02. The number of nitrogens with zero attached hydrogens (tertiary/aromatic N) is 4. The molecule has 0 radical (unpaired) electrons. The van der Waals surface area contributed by atoms with E-state index < -0.39 is 0 Å². The summed E-state index contributed by atoms with van der Waals surface area (Å²) in [6.07, 6.45) is 0. The van der Waals surface area contributed by atoms with Crippen molar-refractivity contribution in [3.05, 3.63) is 54.1 Å². The molecule has 2 N–H and O–H groups in total. The molecule has 0 saturated heterocycles. The van der Waals surface area contributed by atoms with Gasteiger partial charge >= 0.3 is 0 Å². The predicted molar refractivity (Wildman–Crippen MR) is 97.4 cm³/mol. The lowest BCUT2D eigenvalue weighted by Gasteiger charge is -2.06. The Kier molecular flexibility index (Phi) is 5.02. The van der Waals surface area contributed by atoms with E-state index >= 15 is 0 Å². The van der Waals surface area contributed by atoms with E-state index in [0.29, 0.717) is 17.2 Å². The Morgan fingerprint density at radius 1 is 1.00 bits per heavy atom. The van der Waals surface area contributed by atoms with E-state index in [9.17, 15) is 9.59 Å².